The normalized spacial score (nSPS) is 29.3. The summed E-state index contributed by atoms with van der Waals surface area (Å²) in [4.78, 5) is 25.7. The Labute approximate surface area is 113 Å². The van der Waals surface area contributed by atoms with Crippen LogP contribution in [0.4, 0.5) is 4.79 Å². The molecule has 2 fully saturated rings. The summed E-state index contributed by atoms with van der Waals surface area (Å²) in [5.41, 5.74) is -1.16. The first-order valence-corrected chi connectivity index (χ1v) is 6.57. The summed E-state index contributed by atoms with van der Waals surface area (Å²) in [6.45, 7) is 9.61. The number of hydrogen-bond acceptors (Lipinski definition) is 4. The molecule has 0 aromatic rings. The summed E-state index contributed by atoms with van der Waals surface area (Å²) in [5, 5.41) is 2.64. The molecule has 0 aromatic heterocycles. The molecule has 0 saturated carbocycles. The summed E-state index contributed by atoms with van der Waals surface area (Å²) < 4.78 is 10.7. The summed E-state index contributed by atoms with van der Waals surface area (Å²) in [6, 6.07) is -0.467. The van der Waals surface area contributed by atoms with Crippen molar-refractivity contribution in [1.82, 2.24) is 10.2 Å². The zero-order valence-corrected chi connectivity index (χ0v) is 12.1. The average molecular weight is 270 g/mol. The molecule has 0 radical (unpaired) electrons. The molecule has 0 aromatic carbocycles. The topological polar surface area (TPSA) is 67.9 Å². The third-order valence-corrected chi connectivity index (χ3v) is 3.31. The second-order valence-electron chi connectivity index (χ2n) is 6.55. The average Bonchev–Trinajstić information content (AvgIpc) is 2.65. The second kappa shape index (κ2) is 4.37. The van der Waals surface area contributed by atoms with E-state index in [0.717, 1.165) is 0 Å². The number of alkyl carbamates (subject to hydrolysis) is 1. The van der Waals surface area contributed by atoms with Crippen LogP contribution in [0.2, 0.25) is 0 Å². The van der Waals surface area contributed by atoms with Gasteiger partial charge in [0.2, 0.25) is 5.91 Å². The molecule has 2 aliphatic heterocycles. The standard InChI is InChI=1S/C13H22N2O4/c1-12(2,3)19-11(17)14-9-6-8-7-18-13(4,5)15(8)10(9)16/h8-9H,6-7H2,1-5H3,(H,14,17). The van der Waals surface area contributed by atoms with E-state index in [2.05, 4.69) is 5.32 Å². The van der Waals surface area contributed by atoms with Crippen LogP contribution in [0.3, 0.4) is 0 Å². The number of fused-ring (bicyclic) bond motifs is 1. The summed E-state index contributed by atoms with van der Waals surface area (Å²) in [6.07, 6.45) is 0.0207. The van der Waals surface area contributed by atoms with Crippen molar-refractivity contribution >= 4 is 12.0 Å². The molecule has 6 nitrogen and oxygen atoms in total. The Hall–Kier alpha value is -1.30. The summed E-state index contributed by atoms with van der Waals surface area (Å²) in [5.74, 6) is -0.0987. The van der Waals surface area contributed by atoms with E-state index in [1.165, 1.54) is 0 Å². The van der Waals surface area contributed by atoms with Crippen molar-refractivity contribution in [3.63, 3.8) is 0 Å². The van der Waals surface area contributed by atoms with Crippen molar-refractivity contribution < 1.29 is 19.1 Å². The van der Waals surface area contributed by atoms with Crippen molar-refractivity contribution in [2.45, 2.75) is 64.4 Å². The number of carbonyl (C=O) groups is 2. The highest BCUT2D eigenvalue weighted by atomic mass is 16.6. The van der Waals surface area contributed by atoms with Gasteiger partial charge in [-0.15, -0.1) is 0 Å². The van der Waals surface area contributed by atoms with Gasteiger partial charge in [-0.3, -0.25) is 4.79 Å². The third kappa shape index (κ3) is 2.83. The van der Waals surface area contributed by atoms with Crippen LogP contribution in [-0.4, -0.2) is 46.9 Å². The van der Waals surface area contributed by atoms with E-state index in [0.29, 0.717) is 13.0 Å². The van der Waals surface area contributed by atoms with Crippen LogP contribution in [0.15, 0.2) is 0 Å². The van der Waals surface area contributed by atoms with Gasteiger partial charge in [0.05, 0.1) is 12.6 Å². The van der Waals surface area contributed by atoms with Gasteiger partial charge in [0, 0.05) is 0 Å². The van der Waals surface area contributed by atoms with Crippen molar-refractivity contribution in [3.8, 4) is 0 Å². The fourth-order valence-corrected chi connectivity index (χ4v) is 2.61. The van der Waals surface area contributed by atoms with Gasteiger partial charge in [-0.2, -0.15) is 0 Å². The van der Waals surface area contributed by atoms with Crippen LogP contribution in [0.5, 0.6) is 0 Å². The zero-order valence-electron chi connectivity index (χ0n) is 12.1. The maximum absolute atomic E-state index is 12.3. The molecule has 108 valence electrons. The van der Waals surface area contributed by atoms with Crippen LogP contribution in [0, 0.1) is 0 Å². The first-order valence-electron chi connectivity index (χ1n) is 6.57. The Kier molecular flexibility index (Phi) is 3.24. The van der Waals surface area contributed by atoms with Crippen LogP contribution >= 0.6 is 0 Å². The van der Waals surface area contributed by atoms with Crippen molar-refractivity contribution in [2.75, 3.05) is 6.61 Å². The van der Waals surface area contributed by atoms with E-state index in [1.807, 2.05) is 13.8 Å². The minimum atomic E-state index is -0.591. The smallest absolute Gasteiger partial charge is 0.408 e. The molecule has 0 bridgehead atoms. The highest BCUT2D eigenvalue weighted by Crippen LogP contribution is 2.35. The van der Waals surface area contributed by atoms with E-state index < -0.39 is 23.5 Å². The minimum absolute atomic E-state index is 0.0439. The van der Waals surface area contributed by atoms with Crippen LogP contribution in [0.1, 0.15) is 41.0 Å². The maximum atomic E-state index is 12.3. The first-order chi connectivity index (χ1) is 8.60. The Morgan fingerprint density at radius 2 is 2.11 bits per heavy atom. The van der Waals surface area contributed by atoms with Gasteiger partial charge in [-0.25, -0.2) is 4.79 Å². The lowest BCUT2D eigenvalue weighted by Gasteiger charge is -2.29. The van der Waals surface area contributed by atoms with Gasteiger partial charge < -0.3 is 19.7 Å². The van der Waals surface area contributed by atoms with Crippen LogP contribution in [-0.2, 0) is 14.3 Å². The number of ether oxygens (including phenoxy) is 2. The molecule has 6 heteroatoms. The molecule has 2 saturated heterocycles. The van der Waals surface area contributed by atoms with Crippen molar-refractivity contribution in [3.05, 3.63) is 0 Å². The molecule has 2 atom stereocenters. The Bertz CT molecular complexity index is 400. The maximum Gasteiger partial charge on any atom is 0.408 e. The van der Waals surface area contributed by atoms with Gasteiger partial charge in [0.15, 0.2) is 0 Å². The summed E-state index contributed by atoms with van der Waals surface area (Å²) in [7, 11) is 0. The molecular weight excluding hydrogens is 248 g/mol. The lowest BCUT2D eigenvalue weighted by Crippen LogP contribution is -2.49. The molecule has 2 heterocycles. The SMILES string of the molecule is CC(C)(C)OC(=O)NC1CC2COC(C)(C)N2C1=O. The van der Waals surface area contributed by atoms with E-state index in [4.69, 9.17) is 9.47 Å². The third-order valence-electron chi connectivity index (χ3n) is 3.31. The number of rotatable bonds is 1. The van der Waals surface area contributed by atoms with E-state index in [1.54, 1.807) is 25.7 Å². The lowest BCUT2D eigenvalue weighted by molar-refractivity contribution is -0.143. The first kappa shape index (κ1) is 14.1. The van der Waals surface area contributed by atoms with Crippen molar-refractivity contribution in [2.24, 2.45) is 0 Å². The minimum Gasteiger partial charge on any atom is -0.444 e. The molecular formula is C13H22N2O4. The Balaban J connectivity index is 1.98. The molecule has 2 aliphatic rings. The van der Waals surface area contributed by atoms with Gasteiger partial charge in [0.25, 0.3) is 0 Å². The Morgan fingerprint density at radius 3 is 2.63 bits per heavy atom. The Morgan fingerprint density at radius 1 is 1.47 bits per heavy atom. The van der Waals surface area contributed by atoms with E-state index in [-0.39, 0.29) is 11.9 Å². The largest absolute Gasteiger partial charge is 0.444 e. The molecule has 2 amide bonds. The van der Waals surface area contributed by atoms with Crippen LogP contribution < -0.4 is 5.32 Å². The molecule has 1 N–H and O–H groups in total. The van der Waals surface area contributed by atoms with Gasteiger partial charge >= 0.3 is 6.09 Å². The molecule has 19 heavy (non-hydrogen) atoms. The molecule has 0 aliphatic carbocycles. The predicted octanol–water partition coefficient (Wildman–Crippen LogP) is 1.25. The highest BCUT2D eigenvalue weighted by Gasteiger charge is 2.52. The predicted molar refractivity (Wildman–Crippen MR) is 68.4 cm³/mol. The fraction of sp³-hybridized carbons (Fsp3) is 0.846. The summed E-state index contributed by atoms with van der Waals surface area (Å²) >= 11 is 0. The second-order valence-corrected chi connectivity index (χ2v) is 6.55. The van der Waals surface area contributed by atoms with Gasteiger partial charge in [-0.05, 0) is 41.0 Å². The van der Waals surface area contributed by atoms with Crippen LogP contribution in [0.25, 0.3) is 0 Å². The number of carbonyl (C=O) groups excluding carboxylic acids is 2. The van der Waals surface area contributed by atoms with Gasteiger partial charge in [0.1, 0.15) is 17.4 Å². The zero-order chi connectivity index (χ0) is 14.4. The van der Waals surface area contributed by atoms with E-state index >= 15 is 0 Å². The number of amides is 2. The molecule has 2 unspecified atom stereocenters. The molecule has 0 spiro atoms. The fourth-order valence-electron chi connectivity index (χ4n) is 2.61. The molecule has 2 rings (SSSR count). The monoisotopic (exact) mass is 270 g/mol. The quantitative estimate of drug-likeness (QED) is 0.778. The van der Waals surface area contributed by atoms with Gasteiger partial charge in [-0.1, -0.05) is 0 Å². The number of nitrogens with one attached hydrogen (secondary N) is 1. The number of hydrogen-bond donors (Lipinski definition) is 1. The van der Waals surface area contributed by atoms with Crippen molar-refractivity contribution in [1.29, 1.82) is 0 Å². The van der Waals surface area contributed by atoms with E-state index in [9.17, 15) is 9.59 Å². The lowest BCUT2D eigenvalue weighted by atomic mass is 10.2. The number of nitrogens with zero attached hydrogens (tertiary/aromatic N) is 1. The highest BCUT2D eigenvalue weighted by molar-refractivity contribution is 5.88.